The second-order valence-electron chi connectivity index (χ2n) is 7.77. The Balaban J connectivity index is 1.65. The number of carbonyl (C=O) groups excluding carboxylic acids is 1. The third-order valence-electron chi connectivity index (χ3n) is 5.16. The lowest BCUT2D eigenvalue weighted by Crippen LogP contribution is -2.30. The number of hydrogen-bond acceptors (Lipinski definition) is 5. The van der Waals surface area contributed by atoms with Crippen molar-refractivity contribution >= 4 is 21.6 Å². The van der Waals surface area contributed by atoms with Gasteiger partial charge in [-0.2, -0.15) is 0 Å². The van der Waals surface area contributed by atoms with E-state index < -0.39 is 10.0 Å². The van der Waals surface area contributed by atoms with E-state index in [1.165, 1.54) is 12.1 Å². The smallest absolute Gasteiger partial charge is 0.261 e. The summed E-state index contributed by atoms with van der Waals surface area (Å²) in [6.07, 6.45) is 3.08. The molecular weight excluding hydrogens is 440 g/mol. The topological polar surface area (TPSA) is 92.8 Å². The molecule has 0 spiro atoms. The highest BCUT2D eigenvalue weighted by molar-refractivity contribution is 7.92. The van der Waals surface area contributed by atoms with Crippen molar-refractivity contribution in [1.82, 2.24) is 4.90 Å². The Labute approximate surface area is 192 Å². The SMILES string of the molecule is Cc1cccc(NS(=O)(=O)c2ccc(C)c(C(=O)N(Cc3ccco3)Cc3ccco3)c2)c1. The van der Waals surface area contributed by atoms with Crippen molar-refractivity contribution in [2.24, 2.45) is 0 Å². The third kappa shape index (κ3) is 5.35. The van der Waals surface area contributed by atoms with Gasteiger partial charge in [0.2, 0.25) is 0 Å². The van der Waals surface area contributed by atoms with E-state index >= 15 is 0 Å². The molecule has 4 rings (SSSR count). The molecule has 2 heterocycles. The van der Waals surface area contributed by atoms with Gasteiger partial charge in [0.15, 0.2) is 0 Å². The van der Waals surface area contributed by atoms with E-state index in [9.17, 15) is 13.2 Å². The fourth-order valence-electron chi connectivity index (χ4n) is 3.47. The number of amides is 1. The molecule has 0 bridgehead atoms. The zero-order chi connectivity index (χ0) is 23.4. The van der Waals surface area contributed by atoms with E-state index in [1.807, 2.05) is 13.0 Å². The van der Waals surface area contributed by atoms with Crippen LogP contribution in [0.1, 0.15) is 33.0 Å². The number of furan rings is 2. The van der Waals surface area contributed by atoms with Gasteiger partial charge in [-0.15, -0.1) is 0 Å². The van der Waals surface area contributed by atoms with E-state index in [4.69, 9.17) is 8.83 Å². The maximum Gasteiger partial charge on any atom is 0.261 e. The van der Waals surface area contributed by atoms with Gasteiger partial charge < -0.3 is 13.7 Å². The summed E-state index contributed by atoms with van der Waals surface area (Å²) in [6.45, 7) is 4.08. The molecule has 0 saturated heterocycles. The number of benzene rings is 2. The zero-order valence-electron chi connectivity index (χ0n) is 18.3. The summed E-state index contributed by atoms with van der Waals surface area (Å²) in [5, 5.41) is 0. The number of nitrogens with one attached hydrogen (secondary N) is 1. The van der Waals surface area contributed by atoms with E-state index in [1.54, 1.807) is 72.9 Å². The fourth-order valence-corrected chi connectivity index (χ4v) is 4.55. The quantitative estimate of drug-likeness (QED) is 0.390. The van der Waals surface area contributed by atoms with Gasteiger partial charge >= 0.3 is 0 Å². The molecule has 0 saturated carbocycles. The minimum Gasteiger partial charge on any atom is -0.467 e. The van der Waals surface area contributed by atoms with Crippen molar-refractivity contribution in [3.63, 3.8) is 0 Å². The number of nitrogens with zero attached hydrogens (tertiary/aromatic N) is 1. The maximum atomic E-state index is 13.5. The Bertz CT molecular complexity index is 1310. The lowest BCUT2D eigenvalue weighted by atomic mass is 10.1. The summed E-state index contributed by atoms with van der Waals surface area (Å²) >= 11 is 0. The van der Waals surface area contributed by atoms with Crippen LogP contribution >= 0.6 is 0 Å². The molecule has 0 aliphatic rings. The second-order valence-corrected chi connectivity index (χ2v) is 9.45. The highest BCUT2D eigenvalue weighted by atomic mass is 32.2. The molecule has 0 fully saturated rings. The van der Waals surface area contributed by atoms with E-state index in [2.05, 4.69) is 4.72 Å². The van der Waals surface area contributed by atoms with Crippen LogP contribution in [0.4, 0.5) is 5.69 Å². The standard InChI is InChI=1S/C25H24N2O5S/c1-18-6-3-7-20(14-18)26-33(29,30)23-11-10-19(2)24(15-23)25(28)27(16-21-8-4-12-31-21)17-22-9-5-13-32-22/h3-15,26H,16-17H2,1-2H3. The Morgan fingerprint density at radius 3 is 2.12 bits per heavy atom. The number of hydrogen-bond donors (Lipinski definition) is 1. The molecule has 0 radical (unpaired) electrons. The fraction of sp³-hybridized carbons (Fsp3) is 0.160. The van der Waals surface area contributed by atoms with Crippen LogP contribution in [0, 0.1) is 13.8 Å². The Morgan fingerprint density at radius 2 is 1.55 bits per heavy atom. The van der Waals surface area contributed by atoms with E-state index in [-0.39, 0.29) is 23.9 Å². The predicted molar refractivity (Wildman–Crippen MR) is 124 cm³/mol. The Hall–Kier alpha value is -3.78. The molecule has 170 valence electrons. The number of rotatable bonds is 8. The van der Waals surface area contributed by atoms with Crippen molar-refractivity contribution in [3.05, 3.63) is 107 Å². The normalized spacial score (nSPS) is 11.3. The molecular formula is C25H24N2O5S. The Kier molecular flexibility index (Phi) is 6.37. The van der Waals surface area contributed by atoms with Crippen LogP contribution in [0.5, 0.6) is 0 Å². The number of sulfonamides is 1. The van der Waals surface area contributed by atoms with E-state index in [0.717, 1.165) is 5.56 Å². The van der Waals surface area contributed by atoms with E-state index in [0.29, 0.717) is 28.3 Å². The van der Waals surface area contributed by atoms with Crippen LogP contribution in [0.25, 0.3) is 0 Å². The van der Waals surface area contributed by atoms with Crippen molar-refractivity contribution < 1.29 is 22.0 Å². The molecule has 2 aromatic carbocycles. The van der Waals surface area contributed by atoms with Crippen molar-refractivity contribution in [3.8, 4) is 0 Å². The van der Waals surface area contributed by atoms with Crippen LogP contribution in [0.3, 0.4) is 0 Å². The summed E-state index contributed by atoms with van der Waals surface area (Å²) in [5.41, 5.74) is 2.35. The van der Waals surface area contributed by atoms with Crippen LogP contribution < -0.4 is 4.72 Å². The highest BCUT2D eigenvalue weighted by Crippen LogP contribution is 2.23. The number of aryl methyl sites for hydroxylation is 2. The Morgan fingerprint density at radius 1 is 0.879 bits per heavy atom. The monoisotopic (exact) mass is 464 g/mol. The second kappa shape index (κ2) is 9.38. The summed E-state index contributed by atoms with van der Waals surface area (Å²) in [6, 6.07) is 18.7. The average molecular weight is 465 g/mol. The summed E-state index contributed by atoms with van der Waals surface area (Å²) < 4.78 is 39.5. The molecule has 4 aromatic rings. The van der Waals surface area contributed by atoms with Gasteiger partial charge in [0.1, 0.15) is 11.5 Å². The first-order valence-corrected chi connectivity index (χ1v) is 11.8. The molecule has 7 nitrogen and oxygen atoms in total. The largest absolute Gasteiger partial charge is 0.467 e. The maximum absolute atomic E-state index is 13.5. The third-order valence-corrected chi connectivity index (χ3v) is 6.54. The summed E-state index contributed by atoms with van der Waals surface area (Å²) in [4.78, 5) is 15.1. The van der Waals surface area contributed by atoms with Gasteiger partial charge in [-0.05, 0) is 73.5 Å². The van der Waals surface area contributed by atoms with Gasteiger partial charge in [0, 0.05) is 11.3 Å². The van der Waals surface area contributed by atoms with Crippen LogP contribution in [-0.4, -0.2) is 19.2 Å². The lowest BCUT2D eigenvalue weighted by molar-refractivity contribution is 0.0704. The minimum atomic E-state index is -3.89. The van der Waals surface area contributed by atoms with Gasteiger partial charge in [-0.1, -0.05) is 18.2 Å². The molecule has 0 atom stereocenters. The molecule has 0 unspecified atom stereocenters. The lowest BCUT2D eigenvalue weighted by Gasteiger charge is -2.22. The molecule has 0 aliphatic carbocycles. The van der Waals surface area contributed by atoms with Crippen molar-refractivity contribution in [2.45, 2.75) is 31.8 Å². The molecule has 1 N–H and O–H groups in total. The molecule has 8 heteroatoms. The number of anilines is 1. The van der Waals surface area contributed by atoms with Gasteiger partial charge in [-0.3, -0.25) is 9.52 Å². The van der Waals surface area contributed by atoms with Crippen LogP contribution in [0.2, 0.25) is 0 Å². The molecule has 2 aromatic heterocycles. The first-order chi connectivity index (χ1) is 15.8. The van der Waals surface area contributed by atoms with Crippen LogP contribution in [0.15, 0.2) is 93.0 Å². The van der Waals surface area contributed by atoms with Crippen molar-refractivity contribution in [2.75, 3.05) is 4.72 Å². The van der Waals surface area contributed by atoms with Gasteiger partial charge in [0.25, 0.3) is 15.9 Å². The summed E-state index contributed by atoms with van der Waals surface area (Å²) in [7, 11) is -3.89. The first-order valence-electron chi connectivity index (χ1n) is 10.4. The van der Waals surface area contributed by atoms with Crippen LogP contribution in [-0.2, 0) is 23.1 Å². The zero-order valence-corrected chi connectivity index (χ0v) is 19.1. The molecule has 33 heavy (non-hydrogen) atoms. The number of carbonyl (C=O) groups is 1. The summed E-state index contributed by atoms with van der Waals surface area (Å²) in [5.74, 6) is 0.891. The van der Waals surface area contributed by atoms with Gasteiger partial charge in [0.05, 0.1) is 30.5 Å². The van der Waals surface area contributed by atoms with Gasteiger partial charge in [-0.25, -0.2) is 8.42 Å². The average Bonchev–Trinajstić information content (AvgIpc) is 3.47. The molecule has 0 aliphatic heterocycles. The molecule has 1 amide bonds. The highest BCUT2D eigenvalue weighted by Gasteiger charge is 2.23. The van der Waals surface area contributed by atoms with Crippen molar-refractivity contribution in [1.29, 1.82) is 0 Å². The first kappa shape index (κ1) is 22.4. The minimum absolute atomic E-state index is 0.00824. The predicted octanol–water partition coefficient (Wildman–Crippen LogP) is 5.13.